The topological polar surface area (TPSA) is 58.2 Å². The van der Waals surface area contributed by atoms with Gasteiger partial charge in [-0.3, -0.25) is 9.59 Å². The molecule has 0 aliphatic heterocycles. The molecule has 6 heteroatoms. The van der Waals surface area contributed by atoms with Gasteiger partial charge in [0, 0.05) is 10.9 Å². The number of nitrogens with one attached hydrogen (secondary N) is 2. The van der Waals surface area contributed by atoms with Gasteiger partial charge in [-0.1, -0.05) is 19.3 Å². The summed E-state index contributed by atoms with van der Waals surface area (Å²) < 4.78 is 0. The maximum Gasteiger partial charge on any atom is 0.254 e. The maximum absolute atomic E-state index is 12.8. The lowest BCUT2D eigenvalue weighted by atomic mass is 9.93. The van der Waals surface area contributed by atoms with Crippen molar-refractivity contribution in [1.29, 1.82) is 0 Å². The molecule has 0 saturated heterocycles. The Morgan fingerprint density at radius 1 is 1.09 bits per heavy atom. The summed E-state index contributed by atoms with van der Waals surface area (Å²) in [4.78, 5) is 25.8. The van der Waals surface area contributed by atoms with Gasteiger partial charge in [0.05, 0.1) is 5.56 Å². The van der Waals surface area contributed by atoms with Gasteiger partial charge in [-0.2, -0.15) is 0 Å². The third kappa shape index (κ3) is 3.89. The number of aryl methyl sites for hydroxylation is 1. The highest BCUT2D eigenvalue weighted by Gasteiger charge is 2.27. The van der Waals surface area contributed by atoms with E-state index in [1.165, 1.54) is 24.1 Å². The number of fused-ring (bicyclic) bond motifs is 1. The molecular formula is C17H23ClN2O2S. The number of hydrogen-bond acceptors (Lipinski definition) is 3. The Bertz CT molecular complexity index is 594. The second-order valence-electron chi connectivity index (χ2n) is 6.41. The number of thiophene rings is 1. The van der Waals surface area contributed by atoms with Crippen LogP contribution < -0.4 is 10.6 Å². The van der Waals surface area contributed by atoms with E-state index in [1.807, 2.05) is 0 Å². The molecule has 2 amide bonds. The zero-order valence-electron chi connectivity index (χ0n) is 13.3. The summed E-state index contributed by atoms with van der Waals surface area (Å²) in [7, 11) is 0. The van der Waals surface area contributed by atoms with Gasteiger partial charge in [0.2, 0.25) is 5.91 Å². The van der Waals surface area contributed by atoms with Crippen molar-refractivity contribution in [3.05, 3.63) is 16.0 Å². The molecule has 126 valence electrons. The van der Waals surface area contributed by atoms with Gasteiger partial charge in [0.1, 0.15) is 10.9 Å². The van der Waals surface area contributed by atoms with E-state index in [0.29, 0.717) is 10.6 Å². The fourth-order valence-corrected chi connectivity index (χ4v) is 4.93. The average molecular weight is 355 g/mol. The van der Waals surface area contributed by atoms with Crippen LogP contribution in [0.1, 0.15) is 65.7 Å². The van der Waals surface area contributed by atoms with Crippen LogP contribution in [0.2, 0.25) is 0 Å². The van der Waals surface area contributed by atoms with Crippen LogP contribution in [0, 0.1) is 0 Å². The molecule has 2 aliphatic carbocycles. The summed E-state index contributed by atoms with van der Waals surface area (Å²) in [6.07, 6.45) is 9.93. The second kappa shape index (κ2) is 7.67. The molecule has 1 fully saturated rings. The van der Waals surface area contributed by atoms with E-state index >= 15 is 0 Å². The highest BCUT2D eigenvalue weighted by molar-refractivity contribution is 7.17. The predicted octanol–water partition coefficient (Wildman–Crippen LogP) is 3.87. The number of halogens is 1. The van der Waals surface area contributed by atoms with E-state index in [0.717, 1.165) is 44.1 Å². The van der Waals surface area contributed by atoms with Crippen LogP contribution in [0.5, 0.6) is 0 Å². The van der Waals surface area contributed by atoms with E-state index in [2.05, 4.69) is 10.6 Å². The maximum atomic E-state index is 12.8. The van der Waals surface area contributed by atoms with Crippen molar-refractivity contribution in [3.8, 4) is 0 Å². The average Bonchev–Trinajstić information content (AvgIpc) is 2.93. The molecule has 0 atom stereocenters. The summed E-state index contributed by atoms with van der Waals surface area (Å²) in [5.41, 5.74) is 1.83. The number of alkyl halides is 1. The largest absolute Gasteiger partial charge is 0.349 e. The van der Waals surface area contributed by atoms with E-state index in [4.69, 9.17) is 11.6 Å². The predicted molar refractivity (Wildman–Crippen MR) is 94.6 cm³/mol. The van der Waals surface area contributed by atoms with Crippen molar-refractivity contribution in [2.24, 2.45) is 0 Å². The highest BCUT2D eigenvalue weighted by Crippen LogP contribution is 2.38. The third-order valence-corrected chi connectivity index (χ3v) is 6.16. The van der Waals surface area contributed by atoms with E-state index in [1.54, 1.807) is 11.3 Å². The number of anilines is 1. The number of hydrogen-bond donors (Lipinski definition) is 2. The minimum Gasteiger partial charge on any atom is -0.349 e. The summed E-state index contributed by atoms with van der Waals surface area (Å²) in [5, 5.41) is 6.69. The monoisotopic (exact) mass is 354 g/mol. The Balaban J connectivity index is 1.83. The minimum atomic E-state index is -0.253. The molecule has 1 aromatic rings. The Morgan fingerprint density at radius 3 is 2.57 bits per heavy atom. The number of carbonyl (C=O) groups excluding carboxylic acids is 2. The zero-order valence-corrected chi connectivity index (χ0v) is 14.8. The van der Waals surface area contributed by atoms with Gasteiger partial charge in [-0.25, -0.2) is 0 Å². The molecule has 2 N–H and O–H groups in total. The molecule has 1 aromatic heterocycles. The van der Waals surface area contributed by atoms with Crippen LogP contribution >= 0.6 is 22.9 Å². The van der Waals surface area contributed by atoms with Gasteiger partial charge in [0.15, 0.2) is 0 Å². The van der Waals surface area contributed by atoms with Crippen molar-refractivity contribution < 1.29 is 9.59 Å². The van der Waals surface area contributed by atoms with Gasteiger partial charge in [0.25, 0.3) is 5.91 Å². The van der Waals surface area contributed by atoms with E-state index in [9.17, 15) is 9.59 Å². The van der Waals surface area contributed by atoms with Crippen LogP contribution in [0.3, 0.4) is 0 Å². The molecule has 1 heterocycles. The van der Waals surface area contributed by atoms with Crippen molar-refractivity contribution in [1.82, 2.24) is 5.32 Å². The Kier molecular flexibility index (Phi) is 5.59. The molecule has 1 saturated carbocycles. The third-order valence-electron chi connectivity index (χ3n) is 4.71. The Labute approximate surface area is 146 Å². The number of rotatable bonds is 4. The van der Waals surface area contributed by atoms with Crippen molar-refractivity contribution in [2.75, 3.05) is 11.2 Å². The van der Waals surface area contributed by atoms with Crippen LogP contribution in [-0.2, 0) is 17.6 Å². The molecule has 0 spiro atoms. The van der Waals surface area contributed by atoms with Crippen molar-refractivity contribution in [3.63, 3.8) is 0 Å². The fraction of sp³-hybridized carbons (Fsp3) is 0.647. The fourth-order valence-electron chi connectivity index (χ4n) is 3.56. The molecule has 0 unspecified atom stereocenters. The van der Waals surface area contributed by atoms with E-state index in [-0.39, 0.29) is 23.7 Å². The quantitative estimate of drug-likeness (QED) is 0.806. The molecule has 2 aliphatic rings. The van der Waals surface area contributed by atoms with Crippen molar-refractivity contribution in [2.45, 2.75) is 63.8 Å². The molecule has 0 aromatic carbocycles. The lowest BCUT2D eigenvalue weighted by Gasteiger charge is -2.23. The molecule has 3 rings (SSSR count). The normalized spacial score (nSPS) is 18.3. The smallest absolute Gasteiger partial charge is 0.254 e. The second-order valence-corrected chi connectivity index (χ2v) is 7.78. The van der Waals surface area contributed by atoms with Crippen LogP contribution in [0.4, 0.5) is 5.00 Å². The van der Waals surface area contributed by atoms with Crippen molar-refractivity contribution >= 4 is 39.8 Å². The SMILES string of the molecule is O=C(CCl)Nc1sc2c(c1C(=O)NC1CCCCC1)CCCC2. The first-order chi connectivity index (χ1) is 11.2. The summed E-state index contributed by atoms with van der Waals surface area (Å²) in [5.74, 6) is -0.371. The molecule has 4 nitrogen and oxygen atoms in total. The Hall–Kier alpha value is -1.07. The first-order valence-corrected chi connectivity index (χ1v) is 9.85. The number of carbonyl (C=O) groups is 2. The molecule has 0 radical (unpaired) electrons. The minimum absolute atomic E-state index is 0.0267. The van der Waals surface area contributed by atoms with Gasteiger partial charge in [-0.15, -0.1) is 22.9 Å². The van der Waals surface area contributed by atoms with Gasteiger partial charge >= 0.3 is 0 Å². The van der Waals surface area contributed by atoms with Crippen LogP contribution in [0.25, 0.3) is 0 Å². The van der Waals surface area contributed by atoms with Gasteiger partial charge < -0.3 is 10.6 Å². The molecular weight excluding hydrogens is 332 g/mol. The zero-order chi connectivity index (χ0) is 16.2. The molecule has 23 heavy (non-hydrogen) atoms. The molecule has 0 bridgehead atoms. The summed E-state index contributed by atoms with van der Waals surface area (Å²) >= 11 is 7.15. The van der Waals surface area contributed by atoms with Crippen LogP contribution in [-0.4, -0.2) is 23.7 Å². The highest BCUT2D eigenvalue weighted by atomic mass is 35.5. The van der Waals surface area contributed by atoms with Gasteiger partial charge in [-0.05, 0) is 44.1 Å². The lowest BCUT2D eigenvalue weighted by molar-refractivity contribution is -0.113. The van der Waals surface area contributed by atoms with Crippen LogP contribution in [0.15, 0.2) is 0 Å². The van der Waals surface area contributed by atoms with E-state index < -0.39 is 0 Å². The first-order valence-electron chi connectivity index (χ1n) is 8.50. The number of amides is 2. The Morgan fingerprint density at radius 2 is 1.83 bits per heavy atom. The summed E-state index contributed by atoms with van der Waals surface area (Å²) in [6, 6.07) is 0.270. The summed E-state index contributed by atoms with van der Waals surface area (Å²) in [6.45, 7) is 0. The lowest BCUT2D eigenvalue weighted by Crippen LogP contribution is -2.37. The standard InChI is InChI=1S/C17H23ClN2O2S/c18-10-14(21)20-17-15(12-8-4-5-9-13(12)23-17)16(22)19-11-6-2-1-3-7-11/h11H,1-10H2,(H,19,22)(H,20,21). The first kappa shape index (κ1) is 16.8.